The molecule has 8 bridgehead atoms. The molecule has 3 aromatic heterocycles. The van der Waals surface area contributed by atoms with E-state index < -0.39 is 17.9 Å². The number of carboxylic acid groups (broad SMARTS) is 3. The number of nitrogens with two attached hydrogens (primary N) is 1. The fraction of sp³-hybridized carbons (Fsp3) is 0.368. The van der Waals surface area contributed by atoms with Crippen LogP contribution in [0.25, 0.3) is 44.4 Å². The second-order valence-electron chi connectivity index (χ2n) is 12.8. The van der Waals surface area contributed by atoms with E-state index in [0.717, 1.165) is 44.5 Å². The van der Waals surface area contributed by atoms with Gasteiger partial charge in [0.05, 0.1) is 22.8 Å². The molecule has 0 aliphatic carbocycles. The van der Waals surface area contributed by atoms with Crippen LogP contribution in [0.4, 0.5) is 0 Å². The number of hydrogen-bond acceptors (Lipinski definition) is 7. The van der Waals surface area contributed by atoms with E-state index in [1.165, 1.54) is 0 Å². The molecule has 0 radical (unpaired) electrons. The molecule has 0 saturated carbocycles. The van der Waals surface area contributed by atoms with Crippen molar-refractivity contribution in [2.24, 2.45) is 5.73 Å². The zero-order valence-electron chi connectivity index (χ0n) is 29.5. The van der Waals surface area contributed by atoms with Gasteiger partial charge in [-0.2, -0.15) is 0 Å². The summed E-state index contributed by atoms with van der Waals surface area (Å²) in [7, 11) is 0. The van der Waals surface area contributed by atoms with E-state index in [1.807, 2.05) is 45.9 Å². The fourth-order valence-corrected chi connectivity index (χ4v) is 6.57. The number of allylic oxidation sites excluding steroid dienone is 4. The van der Waals surface area contributed by atoms with Crippen LogP contribution in [0.2, 0.25) is 0 Å². The number of aryl methyl sites for hydroxylation is 4. The molecule has 0 atom stereocenters. The molecule has 0 fully saturated rings. The van der Waals surface area contributed by atoms with Gasteiger partial charge in [0, 0.05) is 38.8 Å². The number of carboxylic acids is 3. The van der Waals surface area contributed by atoms with Crippen LogP contribution in [-0.2, 0) is 52.4 Å². The van der Waals surface area contributed by atoms with Crippen LogP contribution in [0, 0.1) is 13.8 Å². The molecule has 276 valence electrons. The fourth-order valence-electron chi connectivity index (χ4n) is 6.57. The van der Waals surface area contributed by atoms with Crippen molar-refractivity contribution in [3.8, 4) is 0 Å². The van der Waals surface area contributed by atoms with Crippen LogP contribution < -0.4 is 21.0 Å². The smallest absolute Gasteiger partial charge is 0.657 e. The molecule has 5 rings (SSSR count). The Morgan fingerprint density at radius 2 is 1.00 bits per heavy atom. The van der Waals surface area contributed by atoms with Crippen LogP contribution in [-0.4, -0.2) is 62.2 Å². The Balaban J connectivity index is 0.00000605. The summed E-state index contributed by atoms with van der Waals surface area (Å²) in [5.41, 5.74) is 16.5. The molecular weight excluding hydrogens is 759 g/mol. The molecule has 1 amide bonds. The van der Waals surface area contributed by atoms with Crippen LogP contribution in [0.1, 0.15) is 97.4 Å². The predicted molar refractivity (Wildman–Crippen MR) is 193 cm³/mol. The Kier molecular flexibility index (Phi) is 13.1. The Labute approximate surface area is 314 Å². The van der Waals surface area contributed by atoms with E-state index in [0.29, 0.717) is 64.4 Å². The minimum atomic E-state index is -0.947. The van der Waals surface area contributed by atoms with E-state index in [9.17, 15) is 34.5 Å². The molecule has 2 aliphatic rings. The van der Waals surface area contributed by atoms with Crippen molar-refractivity contribution in [3.63, 3.8) is 0 Å². The summed E-state index contributed by atoms with van der Waals surface area (Å²) in [6.07, 6.45) is 0.962. The van der Waals surface area contributed by atoms with Gasteiger partial charge in [0.25, 0.3) is 0 Å². The topological polar surface area (TPSA) is 221 Å². The molecule has 14 heteroatoms. The Hall–Kier alpha value is -4.90. The molecule has 0 aromatic carbocycles. The van der Waals surface area contributed by atoms with Gasteiger partial charge in [0.2, 0.25) is 5.91 Å². The van der Waals surface area contributed by atoms with Gasteiger partial charge in [-0.3, -0.25) is 19.2 Å². The average Bonchev–Trinajstić information content (AvgIpc) is 3.73. The van der Waals surface area contributed by atoms with Gasteiger partial charge >= 0.3 is 38.3 Å². The minimum Gasteiger partial charge on any atom is -0.657 e. The number of fused-ring (bicyclic) bond motifs is 8. The summed E-state index contributed by atoms with van der Waals surface area (Å²) in [5.74, 6) is -2.97. The van der Waals surface area contributed by atoms with Gasteiger partial charge in [-0.15, -0.1) is 22.1 Å². The second kappa shape index (κ2) is 17.1. The van der Waals surface area contributed by atoms with Gasteiger partial charge in [-0.1, -0.05) is 46.5 Å². The standard InChI is InChI=1S/C38H44N6O7.Pd/c1-19-23(5-9-35(45)40-14-13-39)31-15-28-20(2)24(6-10-36(46)47)33(42-28)17-30-22(4)26(8-12-38(50)51)34(44-30)18-29-21(3)25(7-11-37(48)49)32(43-29)16-27(19)41-31;/h15-18H,5-14,39H2,1-4H3,(H6,40,41,42,43,44,45,46,47,48,49,50,51);/q;+2/p-2. The number of nitrogens with zero attached hydrogens (tertiary/aromatic N) is 4. The van der Waals surface area contributed by atoms with Crippen molar-refractivity contribution in [3.05, 3.63) is 69.3 Å². The van der Waals surface area contributed by atoms with Crippen molar-refractivity contribution >= 4 is 68.2 Å². The van der Waals surface area contributed by atoms with E-state index in [1.54, 1.807) is 6.07 Å². The summed E-state index contributed by atoms with van der Waals surface area (Å²) in [4.78, 5) is 67.4. The van der Waals surface area contributed by atoms with Gasteiger partial charge < -0.3 is 36.3 Å². The molecular formula is C38H42N6O7Pd. The SMILES string of the molecule is CC1=C(CCC(=O)O)c2cc3[n-]c(cc4nc(cc5[n-]c(cc1n2)c(CCC(=O)O)c5C)C(CCC(=O)NCCN)=C4C)c(CCC(=O)O)c3C.[Pd+2]. The third kappa shape index (κ3) is 8.93. The second-order valence-corrected chi connectivity index (χ2v) is 12.8. The van der Waals surface area contributed by atoms with E-state index >= 15 is 0 Å². The monoisotopic (exact) mass is 800 g/mol. The molecule has 3 aromatic rings. The largest absolute Gasteiger partial charge is 2.00 e. The minimum absolute atomic E-state index is 0. The van der Waals surface area contributed by atoms with Crippen LogP contribution in [0.15, 0.2) is 24.3 Å². The Morgan fingerprint density at radius 1 is 0.615 bits per heavy atom. The van der Waals surface area contributed by atoms with E-state index in [4.69, 9.17) is 25.7 Å². The average molecular weight is 801 g/mol. The predicted octanol–water partition coefficient (Wildman–Crippen LogP) is 4.80. The van der Waals surface area contributed by atoms with Crippen molar-refractivity contribution in [1.82, 2.24) is 25.3 Å². The summed E-state index contributed by atoms with van der Waals surface area (Å²) in [6, 6.07) is 7.30. The Morgan fingerprint density at radius 3 is 1.40 bits per heavy atom. The van der Waals surface area contributed by atoms with E-state index in [-0.39, 0.29) is 71.3 Å². The summed E-state index contributed by atoms with van der Waals surface area (Å²) < 4.78 is 0. The molecule has 2 aliphatic heterocycles. The van der Waals surface area contributed by atoms with Crippen LogP contribution in [0.5, 0.6) is 0 Å². The molecule has 5 heterocycles. The zero-order valence-corrected chi connectivity index (χ0v) is 31.1. The van der Waals surface area contributed by atoms with Gasteiger partial charge in [-0.05, 0) is 75.7 Å². The van der Waals surface area contributed by atoms with Gasteiger partial charge in [-0.25, -0.2) is 9.97 Å². The molecule has 13 nitrogen and oxygen atoms in total. The number of rotatable bonds is 14. The number of carbonyl (C=O) groups is 4. The maximum absolute atomic E-state index is 12.6. The number of amides is 1. The number of nitrogens with one attached hydrogen (secondary N) is 1. The van der Waals surface area contributed by atoms with Crippen molar-refractivity contribution in [1.29, 1.82) is 0 Å². The third-order valence-electron chi connectivity index (χ3n) is 9.48. The van der Waals surface area contributed by atoms with Crippen molar-refractivity contribution in [2.45, 2.75) is 79.1 Å². The first-order valence-corrected chi connectivity index (χ1v) is 16.9. The Bertz CT molecular complexity index is 2160. The van der Waals surface area contributed by atoms with Crippen molar-refractivity contribution in [2.75, 3.05) is 13.1 Å². The van der Waals surface area contributed by atoms with E-state index in [2.05, 4.69) is 5.32 Å². The number of aromatic nitrogens is 4. The quantitative estimate of drug-likeness (QED) is 0.139. The third-order valence-corrected chi connectivity index (χ3v) is 9.48. The zero-order chi connectivity index (χ0) is 37.0. The number of carbonyl (C=O) groups excluding carboxylic acids is 1. The molecule has 0 saturated heterocycles. The molecule has 0 unspecified atom stereocenters. The number of aliphatic carboxylic acids is 3. The van der Waals surface area contributed by atoms with Crippen LogP contribution >= 0.6 is 0 Å². The first-order chi connectivity index (χ1) is 24.3. The first kappa shape index (κ1) is 39.9. The number of hydrogen-bond donors (Lipinski definition) is 5. The molecule has 52 heavy (non-hydrogen) atoms. The first-order valence-electron chi connectivity index (χ1n) is 16.9. The van der Waals surface area contributed by atoms with Crippen LogP contribution in [0.3, 0.4) is 0 Å². The normalized spacial score (nSPS) is 12.6. The molecule has 0 spiro atoms. The van der Waals surface area contributed by atoms with Gasteiger partial charge in [0.1, 0.15) is 0 Å². The van der Waals surface area contributed by atoms with Gasteiger partial charge in [0.15, 0.2) is 0 Å². The maximum Gasteiger partial charge on any atom is 2.00 e. The summed E-state index contributed by atoms with van der Waals surface area (Å²) in [6.45, 7) is 8.26. The van der Waals surface area contributed by atoms with Crippen molar-refractivity contribution < 1.29 is 54.9 Å². The molecule has 6 N–H and O–H groups in total. The summed E-state index contributed by atoms with van der Waals surface area (Å²) >= 11 is 0. The summed E-state index contributed by atoms with van der Waals surface area (Å²) in [5, 5.41) is 31.4. The maximum atomic E-state index is 12.6.